The zero-order valence-electron chi connectivity index (χ0n) is 13.7. The standard InChI is InChI=1S/C20H14N6/c1-2-4-16-13(3-1)11-14(12-24-16)19-18(17-6-8-25-26-17)15(5-7-21-19)20-22-9-10-23-20/h1-12H,(H,22,23)(H,25,26). The van der Waals surface area contributed by atoms with Crippen LogP contribution in [-0.4, -0.2) is 30.1 Å². The molecule has 0 aliphatic heterocycles. The van der Waals surface area contributed by atoms with Gasteiger partial charge in [-0.3, -0.25) is 15.1 Å². The highest BCUT2D eigenvalue weighted by Crippen LogP contribution is 2.36. The van der Waals surface area contributed by atoms with E-state index in [1.165, 1.54) is 0 Å². The summed E-state index contributed by atoms with van der Waals surface area (Å²) < 4.78 is 0. The highest BCUT2D eigenvalue weighted by molar-refractivity contribution is 5.92. The Kier molecular flexibility index (Phi) is 3.31. The second-order valence-corrected chi connectivity index (χ2v) is 5.91. The number of hydrogen-bond donors (Lipinski definition) is 2. The Balaban J connectivity index is 1.79. The van der Waals surface area contributed by atoms with E-state index in [0.29, 0.717) is 0 Å². The van der Waals surface area contributed by atoms with Gasteiger partial charge in [0.2, 0.25) is 0 Å². The predicted octanol–water partition coefficient (Wildman–Crippen LogP) is 4.08. The molecule has 4 aromatic heterocycles. The number of rotatable bonds is 3. The minimum absolute atomic E-state index is 0.784. The Hall–Kier alpha value is -3.80. The third kappa shape index (κ3) is 2.36. The minimum Gasteiger partial charge on any atom is -0.345 e. The van der Waals surface area contributed by atoms with Crippen molar-refractivity contribution >= 4 is 10.9 Å². The van der Waals surface area contributed by atoms with Crippen LogP contribution >= 0.6 is 0 Å². The molecule has 0 aliphatic rings. The molecule has 1 aromatic carbocycles. The molecule has 0 fully saturated rings. The van der Waals surface area contributed by atoms with Gasteiger partial charge in [0.1, 0.15) is 5.82 Å². The average Bonchev–Trinajstić information content (AvgIpc) is 3.41. The summed E-state index contributed by atoms with van der Waals surface area (Å²) in [5.74, 6) is 0.784. The van der Waals surface area contributed by atoms with Crippen LogP contribution in [0, 0.1) is 0 Å². The molecule has 124 valence electrons. The van der Waals surface area contributed by atoms with Gasteiger partial charge in [0.05, 0.1) is 16.9 Å². The Morgan fingerprint density at radius 2 is 1.81 bits per heavy atom. The topological polar surface area (TPSA) is 83.1 Å². The summed E-state index contributed by atoms with van der Waals surface area (Å²) in [6, 6.07) is 14.0. The summed E-state index contributed by atoms with van der Waals surface area (Å²) in [6.45, 7) is 0. The van der Waals surface area contributed by atoms with Gasteiger partial charge in [0.25, 0.3) is 0 Å². The van der Waals surface area contributed by atoms with Crippen molar-refractivity contribution in [1.82, 2.24) is 30.1 Å². The molecule has 0 saturated carbocycles. The number of aromatic nitrogens is 6. The zero-order chi connectivity index (χ0) is 17.3. The molecule has 0 spiro atoms. The highest BCUT2D eigenvalue weighted by Gasteiger charge is 2.18. The Morgan fingerprint density at radius 3 is 2.65 bits per heavy atom. The second kappa shape index (κ2) is 5.93. The molecule has 0 unspecified atom stereocenters. The normalized spacial score (nSPS) is 11.1. The van der Waals surface area contributed by atoms with Gasteiger partial charge >= 0.3 is 0 Å². The first-order valence-corrected chi connectivity index (χ1v) is 8.24. The molecular formula is C20H14N6. The maximum atomic E-state index is 4.65. The quantitative estimate of drug-likeness (QED) is 0.519. The van der Waals surface area contributed by atoms with Crippen LogP contribution in [0.2, 0.25) is 0 Å². The van der Waals surface area contributed by atoms with E-state index in [0.717, 1.165) is 44.8 Å². The Labute approximate surface area is 149 Å². The minimum atomic E-state index is 0.784. The van der Waals surface area contributed by atoms with Crippen molar-refractivity contribution in [2.45, 2.75) is 0 Å². The van der Waals surface area contributed by atoms with E-state index in [1.807, 2.05) is 42.7 Å². The van der Waals surface area contributed by atoms with Gasteiger partial charge in [-0.2, -0.15) is 5.10 Å². The van der Waals surface area contributed by atoms with Crippen LogP contribution in [0.3, 0.4) is 0 Å². The van der Waals surface area contributed by atoms with E-state index < -0.39 is 0 Å². The van der Waals surface area contributed by atoms with Gasteiger partial charge in [-0.25, -0.2) is 4.98 Å². The lowest BCUT2D eigenvalue weighted by atomic mass is 9.98. The number of imidazole rings is 1. The van der Waals surface area contributed by atoms with Crippen LogP contribution in [0.1, 0.15) is 0 Å². The number of nitrogens with zero attached hydrogens (tertiary/aromatic N) is 4. The Morgan fingerprint density at radius 1 is 0.846 bits per heavy atom. The van der Waals surface area contributed by atoms with E-state index in [9.17, 15) is 0 Å². The number of fused-ring (bicyclic) bond motifs is 1. The smallest absolute Gasteiger partial charge is 0.138 e. The van der Waals surface area contributed by atoms with E-state index in [2.05, 4.69) is 42.3 Å². The summed E-state index contributed by atoms with van der Waals surface area (Å²) >= 11 is 0. The molecular weight excluding hydrogens is 324 g/mol. The van der Waals surface area contributed by atoms with E-state index in [4.69, 9.17) is 0 Å². The lowest BCUT2D eigenvalue weighted by Gasteiger charge is -2.12. The van der Waals surface area contributed by atoms with Crippen LogP contribution in [-0.2, 0) is 0 Å². The third-order valence-corrected chi connectivity index (χ3v) is 4.34. The van der Waals surface area contributed by atoms with Crippen molar-refractivity contribution < 1.29 is 0 Å². The van der Waals surface area contributed by atoms with Crippen LogP contribution in [0.4, 0.5) is 0 Å². The zero-order valence-corrected chi connectivity index (χ0v) is 13.7. The number of nitrogens with one attached hydrogen (secondary N) is 2. The highest BCUT2D eigenvalue weighted by atomic mass is 15.1. The molecule has 2 N–H and O–H groups in total. The Bertz CT molecular complexity index is 1180. The molecule has 0 amide bonds. The molecule has 26 heavy (non-hydrogen) atoms. The largest absolute Gasteiger partial charge is 0.345 e. The molecule has 6 heteroatoms. The molecule has 0 radical (unpaired) electrons. The van der Waals surface area contributed by atoms with E-state index in [1.54, 1.807) is 18.6 Å². The van der Waals surface area contributed by atoms with Gasteiger partial charge < -0.3 is 4.98 Å². The van der Waals surface area contributed by atoms with Gasteiger partial charge in [0, 0.05) is 53.1 Å². The monoisotopic (exact) mass is 338 g/mol. The fraction of sp³-hybridized carbons (Fsp3) is 0. The first kappa shape index (κ1) is 14.5. The number of aromatic amines is 2. The molecule has 0 bridgehead atoms. The van der Waals surface area contributed by atoms with Crippen LogP contribution in [0.5, 0.6) is 0 Å². The SMILES string of the molecule is c1ccc2ncc(-c3nccc(-c4ncc[nH]4)c3-c3ccn[nH]3)cc2c1. The molecule has 0 aliphatic carbocycles. The molecule has 5 rings (SSSR count). The fourth-order valence-corrected chi connectivity index (χ4v) is 3.16. The van der Waals surface area contributed by atoms with Gasteiger partial charge in [0.15, 0.2) is 0 Å². The van der Waals surface area contributed by atoms with E-state index >= 15 is 0 Å². The number of hydrogen-bond acceptors (Lipinski definition) is 4. The first-order valence-electron chi connectivity index (χ1n) is 8.24. The second-order valence-electron chi connectivity index (χ2n) is 5.91. The summed E-state index contributed by atoms with van der Waals surface area (Å²) in [5.41, 5.74) is 5.52. The lowest BCUT2D eigenvalue weighted by Crippen LogP contribution is -1.95. The molecule has 4 heterocycles. The molecule has 6 nitrogen and oxygen atoms in total. The van der Waals surface area contributed by atoms with Crippen LogP contribution < -0.4 is 0 Å². The van der Waals surface area contributed by atoms with Crippen molar-refractivity contribution in [3.8, 4) is 33.9 Å². The van der Waals surface area contributed by atoms with Gasteiger partial charge in [-0.05, 0) is 24.3 Å². The average molecular weight is 338 g/mol. The fourth-order valence-electron chi connectivity index (χ4n) is 3.16. The van der Waals surface area contributed by atoms with Gasteiger partial charge in [-0.15, -0.1) is 0 Å². The van der Waals surface area contributed by atoms with Crippen molar-refractivity contribution in [2.24, 2.45) is 0 Å². The molecule has 0 saturated heterocycles. The number of benzene rings is 1. The number of pyridine rings is 2. The van der Waals surface area contributed by atoms with Crippen molar-refractivity contribution in [2.75, 3.05) is 0 Å². The van der Waals surface area contributed by atoms with Crippen LogP contribution in [0.25, 0.3) is 44.8 Å². The van der Waals surface area contributed by atoms with Crippen LogP contribution in [0.15, 0.2) is 73.4 Å². The summed E-state index contributed by atoms with van der Waals surface area (Å²) in [5, 5.41) is 8.23. The van der Waals surface area contributed by atoms with Crippen molar-refractivity contribution in [3.63, 3.8) is 0 Å². The molecule has 5 aromatic rings. The van der Waals surface area contributed by atoms with Crippen molar-refractivity contribution in [1.29, 1.82) is 0 Å². The molecule has 0 atom stereocenters. The lowest BCUT2D eigenvalue weighted by molar-refractivity contribution is 1.09. The number of para-hydroxylation sites is 1. The van der Waals surface area contributed by atoms with Gasteiger partial charge in [-0.1, -0.05) is 18.2 Å². The first-order chi connectivity index (χ1) is 12.9. The predicted molar refractivity (Wildman–Crippen MR) is 100 cm³/mol. The summed E-state index contributed by atoms with van der Waals surface area (Å²) in [6.07, 6.45) is 8.93. The number of H-pyrrole nitrogens is 2. The summed E-state index contributed by atoms with van der Waals surface area (Å²) in [7, 11) is 0. The third-order valence-electron chi connectivity index (χ3n) is 4.34. The van der Waals surface area contributed by atoms with E-state index in [-0.39, 0.29) is 0 Å². The summed E-state index contributed by atoms with van der Waals surface area (Å²) in [4.78, 5) is 16.8. The maximum absolute atomic E-state index is 4.65. The maximum Gasteiger partial charge on any atom is 0.138 e. The van der Waals surface area contributed by atoms with Crippen molar-refractivity contribution in [3.05, 3.63) is 73.4 Å².